The fourth-order valence-electron chi connectivity index (χ4n) is 1.22. The Kier molecular flexibility index (Phi) is 3.49. The topological polar surface area (TPSA) is 12.5 Å². The highest BCUT2D eigenvalue weighted by Crippen LogP contribution is 2.25. The van der Waals surface area contributed by atoms with Crippen LogP contribution in [0.5, 0.6) is 0 Å². The zero-order valence-corrected chi connectivity index (χ0v) is 6.98. The van der Waals surface area contributed by atoms with Gasteiger partial charge in [-0.1, -0.05) is 0 Å². The molecule has 1 rings (SSSR count). The number of morpholine rings is 1. The molecule has 0 N–H and O–H groups in total. The number of ether oxygens (including phenoxy) is 1. The smallest absolute Gasteiger partial charge is 0.366 e. The van der Waals surface area contributed by atoms with E-state index in [-0.39, 0.29) is 19.7 Å². The minimum absolute atomic E-state index is 0.0180. The Labute approximate surface area is 73.5 Å². The van der Waals surface area contributed by atoms with E-state index in [4.69, 9.17) is 0 Å². The predicted molar refractivity (Wildman–Crippen MR) is 38.2 cm³/mol. The largest absolute Gasteiger partial charge is 0.415 e. The molecule has 1 fully saturated rings. The Bertz CT molecular complexity index is 159. The zero-order valence-electron chi connectivity index (χ0n) is 6.98. The number of rotatable bonds is 2. The highest BCUT2D eigenvalue weighted by Gasteiger charge is 2.43. The van der Waals surface area contributed by atoms with Gasteiger partial charge in [0.05, 0.1) is 6.61 Å². The summed E-state index contributed by atoms with van der Waals surface area (Å²) in [6.07, 6.45) is -6.09. The monoisotopic (exact) mass is 201 g/mol. The van der Waals surface area contributed by atoms with Crippen LogP contribution in [0.2, 0.25) is 0 Å². The molecule has 1 aliphatic rings. The van der Waals surface area contributed by atoms with Crippen LogP contribution in [-0.2, 0) is 4.74 Å². The Morgan fingerprint density at radius 3 is 2.62 bits per heavy atom. The minimum atomic E-state index is -4.34. The molecule has 1 unspecified atom stereocenters. The van der Waals surface area contributed by atoms with Crippen molar-refractivity contribution in [1.82, 2.24) is 4.90 Å². The third kappa shape index (κ3) is 3.11. The Morgan fingerprint density at radius 2 is 2.08 bits per heavy atom. The van der Waals surface area contributed by atoms with Crippen LogP contribution in [0, 0.1) is 0 Å². The molecule has 0 bridgehead atoms. The quantitative estimate of drug-likeness (QED) is 0.623. The van der Waals surface area contributed by atoms with Crippen LogP contribution < -0.4 is 0 Å². The molecule has 0 spiro atoms. The van der Waals surface area contributed by atoms with Crippen molar-refractivity contribution in [3.05, 3.63) is 0 Å². The van der Waals surface area contributed by atoms with Crippen LogP contribution in [-0.4, -0.2) is 50.1 Å². The van der Waals surface area contributed by atoms with Crippen LogP contribution in [0.4, 0.5) is 17.6 Å². The Morgan fingerprint density at radius 1 is 1.38 bits per heavy atom. The third-order valence-corrected chi connectivity index (χ3v) is 1.92. The molecule has 0 aromatic carbocycles. The van der Waals surface area contributed by atoms with E-state index >= 15 is 0 Å². The van der Waals surface area contributed by atoms with Crippen LogP contribution in [0.15, 0.2) is 0 Å². The van der Waals surface area contributed by atoms with Gasteiger partial charge < -0.3 is 4.74 Å². The van der Waals surface area contributed by atoms with E-state index in [9.17, 15) is 17.6 Å². The molecule has 0 amide bonds. The second-order valence-electron chi connectivity index (χ2n) is 2.89. The van der Waals surface area contributed by atoms with Gasteiger partial charge in [-0.15, -0.1) is 0 Å². The minimum Gasteiger partial charge on any atom is -0.366 e. The van der Waals surface area contributed by atoms with Crippen LogP contribution in [0.3, 0.4) is 0 Å². The number of alkyl halides is 4. The standard InChI is InChI=1S/C7H11F4NO/c8-1-2-12-3-4-13-6(5-12)7(9,10)11/h6H,1-5H2. The van der Waals surface area contributed by atoms with Crippen LogP contribution in [0.1, 0.15) is 0 Å². The van der Waals surface area contributed by atoms with Crippen molar-refractivity contribution >= 4 is 0 Å². The molecule has 1 heterocycles. The van der Waals surface area contributed by atoms with Crippen LogP contribution in [0.25, 0.3) is 0 Å². The van der Waals surface area contributed by atoms with E-state index in [2.05, 4.69) is 4.74 Å². The number of hydrogen-bond acceptors (Lipinski definition) is 2. The lowest BCUT2D eigenvalue weighted by molar-refractivity contribution is -0.237. The van der Waals surface area contributed by atoms with Crippen LogP contribution >= 0.6 is 0 Å². The van der Waals surface area contributed by atoms with Gasteiger partial charge in [0.15, 0.2) is 6.10 Å². The maximum Gasteiger partial charge on any atom is 0.415 e. The van der Waals surface area contributed by atoms with E-state index in [1.807, 2.05) is 0 Å². The normalized spacial score (nSPS) is 26.3. The summed E-state index contributed by atoms with van der Waals surface area (Å²) in [7, 11) is 0. The molecule has 78 valence electrons. The van der Waals surface area contributed by atoms with Gasteiger partial charge in [-0.3, -0.25) is 4.90 Å². The van der Waals surface area contributed by atoms with Crippen molar-refractivity contribution in [3.63, 3.8) is 0 Å². The van der Waals surface area contributed by atoms with Crippen molar-refractivity contribution in [2.45, 2.75) is 12.3 Å². The van der Waals surface area contributed by atoms with Gasteiger partial charge >= 0.3 is 6.18 Å². The number of hydrogen-bond donors (Lipinski definition) is 0. The zero-order chi connectivity index (χ0) is 9.90. The first-order chi connectivity index (χ1) is 6.04. The maximum atomic E-state index is 12.1. The van der Waals surface area contributed by atoms with Crippen molar-refractivity contribution in [1.29, 1.82) is 0 Å². The van der Waals surface area contributed by atoms with Crippen molar-refractivity contribution in [2.75, 3.05) is 32.9 Å². The lowest BCUT2D eigenvalue weighted by atomic mass is 10.2. The summed E-state index contributed by atoms with van der Waals surface area (Å²) in [5.74, 6) is 0. The second-order valence-corrected chi connectivity index (χ2v) is 2.89. The first-order valence-electron chi connectivity index (χ1n) is 4.00. The lowest BCUT2D eigenvalue weighted by Gasteiger charge is -2.33. The summed E-state index contributed by atoms with van der Waals surface area (Å²) in [6.45, 7) is -0.436. The molecule has 0 radical (unpaired) electrons. The van der Waals surface area contributed by atoms with Crippen molar-refractivity contribution in [2.24, 2.45) is 0 Å². The summed E-state index contributed by atoms with van der Waals surface area (Å²) < 4.78 is 52.7. The maximum absolute atomic E-state index is 12.1. The van der Waals surface area contributed by atoms with Gasteiger partial charge in [0, 0.05) is 19.6 Å². The summed E-state index contributed by atoms with van der Waals surface area (Å²) in [6, 6.07) is 0. The van der Waals surface area contributed by atoms with Crippen molar-refractivity contribution < 1.29 is 22.3 Å². The first kappa shape index (κ1) is 10.7. The second kappa shape index (κ2) is 4.23. The molecule has 2 nitrogen and oxygen atoms in total. The third-order valence-electron chi connectivity index (χ3n) is 1.92. The summed E-state index contributed by atoms with van der Waals surface area (Å²) in [4.78, 5) is 1.42. The SMILES string of the molecule is FCCN1CCOC(C(F)(F)F)C1. The molecular weight excluding hydrogens is 190 g/mol. The van der Waals surface area contributed by atoms with Gasteiger partial charge in [-0.05, 0) is 0 Å². The molecule has 0 aromatic heterocycles. The Balaban J connectivity index is 2.42. The average molecular weight is 201 g/mol. The molecule has 6 heteroatoms. The molecule has 13 heavy (non-hydrogen) atoms. The molecule has 1 atom stereocenters. The summed E-state index contributed by atoms with van der Waals surface area (Å²) in [5.41, 5.74) is 0. The van der Waals surface area contributed by atoms with Crippen molar-refractivity contribution in [3.8, 4) is 0 Å². The van der Waals surface area contributed by atoms with E-state index in [1.165, 1.54) is 4.90 Å². The first-order valence-corrected chi connectivity index (χ1v) is 4.00. The van der Waals surface area contributed by atoms with Gasteiger partial charge in [0.2, 0.25) is 0 Å². The molecule has 1 aliphatic heterocycles. The van der Waals surface area contributed by atoms with E-state index < -0.39 is 19.0 Å². The fraction of sp³-hybridized carbons (Fsp3) is 1.00. The van der Waals surface area contributed by atoms with Gasteiger partial charge in [-0.2, -0.15) is 13.2 Å². The van der Waals surface area contributed by atoms with E-state index in [0.29, 0.717) is 6.54 Å². The summed E-state index contributed by atoms with van der Waals surface area (Å²) in [5, 5.41) is 0. The molecule has 0 aromatic rings. The summed E-state index contributed by atoms with van der Waals surface area (Å²) >= 11 is 0. The van der Waals surface area contributed by atoms with Gasteiger partial charge in [0.25, 0.3) is 0 Å². The van der Waals surface area contributed by atoms with Gasteiger partial charge in [-0.25, -0.2) is 4.39 Å². The molecule has 0 aliphatic carbocycles. The number of halogens is 4. The van der Waals surface area contributed by atoms with E-state index in [0.717, 1.165) is 0 Å². The molecular formula is C7H11F4NO. The predicted octanol–water partition coefficient (Wildman–Crippen LogP) is 1.22. The fourth-order valence-corrected chi connectivity index (χ4v) is 1.22. The highest BCUT2D eigenvalue weighted by atomic mass is 19.4. The number of nitrogens with zero attached hydrogens (tertiary/aromatic N) is 1. The van der Waals surface area contributed by atoms with Gasteiger partial charge in [0.1, 0.15) is 6.67 Å². The lowest BCUT2D eigenvalue weighted by Crippen LogP contribution is -2.49. The van der Waals surface area contributed by atoms with E-state index in [1.54, 1.807) is 0 Å². The highest BCUT2D eigenvalue weighted by molar-refractivity contribution is 4.76. The average Bonchev–Trinajstić information content (AvgIpc) is 2.04. The Hall–Kier alpha value is -0.360. The molecule has 1 saturated heterocycles. The molecule has 0 saturated carbocycles.